The standard InChI is InChI=1S/C16H25NO2/c1-18-16-9-7-14(8-10-16)13-19-12-4-11-17-15-5-2-3-6-15/h7-10,15,17H,2-6,11-13H2,1H3. The summed E-state index contributed by atoms with van der Waals surface area (Å²) in [7, 11) is 1.68. The van der Waals surface area contributed by atoms with Gasteiger partial charge in [0.2, 0.25) is 0 Å². The zero-order valence-corrected chi connectivity index (χ0v) is 11.9. The van der Waals surface area contributed by atoms with Gasteiger partial charge in [-0.05, 0) is 43.5 Å². The fraction of sp³-hybridized carbons (Fsp3) is 0.625. The van der Waals surface area contributed by atoms with Gasteiger partial charge in [0, 0.05) is 12.6 Å². The van der Waals surface area contributed by atoms with Crippen LogP contribution in [0.15, 0.2) is 24.3 Å². The quantitative estimate of drug-likeness (QED) is 0.731. The molecule has 1 aromatic rings. The molecule has 1 aliphatic carbocycles. The second-order valence-electron chi connectivity index (χ2n) is 5.19. The largest absolute Gasteiger partial charge is 0.497 e. The normalized spacial score (nSPS) is 15.8. The number of hydrogen-bond acceptors (Lipinski definition) is 3. The van der Waals surface area contributed by atoms with Gasteiger partial charge in [0.25, 0.3) is 0 Å². The molecule has 0 bridgehead atoms. The van der Waals surface area contributed by atoms with Crippen LogP contribution in [0.3, 0.4) is 0 Å². The lowest BCUT2D eigenvalue weighted by Crippen LogP contribution is -2.27. The summed E-state index contributed by atoms with van der Waals surface area (Å²) in [5, 5.41) is 3.60. The van der Waals surface area contributed by atoms with E-state index in [1.54, 1.807) is 7.11 Å². The highest BCUT2D eigenvalue weighted by Crippen LogP contribution is 2.17. The Morgan fingerprint density at radius 2 is 1.89 bits per heavy atom. The zero-order valence-electron chi connectivity index (χ0n) is 11.9. The summed E-state index contributed by atoms with van der Waals surface area (Å²) in [4.78, 5) is 0. The number of rotatable bonds is 8. The minimum absolute atomic E-state index is 0.688. The Morgan fingerprint density at radius 3 is 2.58 bits per heavy atom. The molecular formula is C16H25NO2. The second kappa shape index (κ2) is 8.18. The summed E-state index contributed by atoms with van der Waals surface area (Å²) in [6, 6.07) is 8.81. The van der Waals surface area contributed by atoms with Crippen molar-refractivity contribution in [3.8, 4) is 5.75 Å². The minimum Gasteiger partial charge on any atom is -0.497 e. The topological polar surface area (TPSA) is 30.5 Å². The lowest BCUT2D eigenvalue weighted by atomic mass is 10.2. The van der Waals surface area contributed by atoms with Crippen molar-refractivity contribution < 1.29 is 9.47 Å². The van der Waals surface area contributed by atoms with Crippen molar-refractivity contribution in [3.63, 3.8) is 0 Å². The molecule has 1 N–H and O–H groups in total. The second-order valence-corrected chi connectivity index (χ2v) is 5.19. The van der Waals surface area contributed by atoms with Gasteiger partial charge in [-0.15, -0.1) is 0 Å². The Kier molecular flexibility index (Phi) is 6.18. The fourth-order valence-corrected chi connectivity index (χ4v) is 2.52. The van der Waals surface area contributed by atoms with E-state index in [0.717, 1.165) is 31.4 Å². The van der Waals surface area contributed by atoms with E-state index >= 15 is 0 Å². The van der Waals surface area contributed by atoms with Gasteiger partial charge in [0.1, 0.15) is 5.75 Å². The third kappa shape index (κ3) is 5.21. The van der Waals surface area contributed by atoms with Crippen LogP contribution in [0.4, 0.5) is 0 Å². The monoisotopic (exact) mass is 263 g/mol. The molecule has 2 rings (SSSR count). The third-order valence-corrected chi connectivity index (χ3v) is 3.68. The Hall–Kier alpha value is -1.06. The summed E-state index contributed by atoms with van der Waals surface area (Å²) in [6.45, 7) is 2.59. The summed E-state index contributed by atoms with van der Waals surface area (Å²) in [5.41, 5.74) is 1.20. The minimum atomic E-state index is 0.688. The average molecular weight is 263 g/mol. The Morgan fingerprint density at radius 1 is 1.16 bits per heavy atom. The Bertz CT molecular complexity index is 344. The molecule has 0 atom stereocenters. The Labute approximate surface area is 116 Å². The number of hydrogen-bond donors (Lipinski definition) is 1. The molecule has 0 spiro atoms. The molecule has 19 heavy (non-hydrogen) atoms. The van der Waals surface area contributed by atoms with Gasteiger partial charge in [-0.1, -0.05) is 25.0 Å². The third-order valence-electron chi connectivity index (χ3n) is 3.68. The molecular weight excluding hydrogens is 238 g/mol. The van der Waals surface area contributed by atoms with Crippen molar-refractivity contribution >= 4 is 0 Å². The molecule has 0 unspecified atom stereocenters. The van der Waals surface area contributed by atoms with Crippen LogP contribution in [0.2, 0.25) is 0 Å². The number of ether oxygens (including phenoxy) is 2. The summed E-state index contributed by atoms with van der Waals surface area (Å²) < 4.78 is 10.8. The molecule has 1 saturated carbocycles. The van der Waals surface area contributed by atoms with Crippen LogP contribution in [-0.2, 0) is 11.3 Å². The van der Waals surface area contributed by atoms with Gasteiger partial charge in [-0.3, -0.25) is 0 Å². The highest BCUT2D eigenvalue weighted by Gasteiger charge is 2.12. The van der Waals surface area contributed by atoms with Crippen molar-refractivity contribution in [3.05, 3.63) is 29.8 Å². The van der Waals surface area contributed by atoms with Crippen LogP contribution in [0, 0.1) is 0 Å². The molecule has 0 aliphatic heterocycles. The molecule has 0 amide bonds. The van der Waals surface area contributed by atoms with Crippen LogP contribution >= 0.6 is 0 Å². The van der Waals surface area contributed by atoms with E-state index in [0.29, 0.717) is 6.61 Å². The van der Waals surface area contributed by atoms with E-state index in [2.05, 4.69) is 17.4 Å². The highest BCUT2D eigenvalue weighted by atomic mass is 16.5. The zero-order chi connectivity index (χ0) is 13.3. The number of nitrogens with one attached hydrogen (secondary N) is 1. The van der Waals surface area contributed by atoms with Gasteiger partial charge in [-0.2, -0.15) is 0 Å². The SMILES string of the molecule is COc1ccc(COCCCNC2CCCC2)cc1. The molecule has 3 nitrogen and oxygen atoms in total. The smallest absolute Gasteiger partial charge is 0.118 e. The van der Waals surface area contributed by atoms with Crippen molar-refractivity contribution in [2.45, 2.75) is 44.8 Å². The molecule has 1 aromatic carbocycles. The van der Waals surface area contributed by atoms with E-state index in [4.69, 9.17) is 9.47 Å². The molecule has 1 fully saturated rings. The van der Waals surface area contributed by atoms with Gasteiger partial charge in [0.15, 0.2) is 0 Å². The van der Waals surface area contributed by atoms with Crippen LogP contribution in [-0.4, -0.2) is 26.3 Å². The van der Waals surface area contributed by atoms with Crippen LogP contribution in [0.1, 0.15) is 37.7 Å². The molecule has 0 aromatic heterocycles. The maximum Gasteiger partial charge on any atom is 0.118 e. The first kappa shape index (κ1) is 14.4. The predicted octanol–water partition coefficient (Wildman–Crippen LogP) is 3.13. The van der Waals surface area contributed by atoms with E-state index < -0.39 is 0 Å². The van der Waals surface area contributed by atoms with E-state index in [-0.39, 0.29) is 0 Å². The van der Waals surface area contributed by atoms with Crippen molar-refractivity contribution in [1.82, 2.24) is 5.32 Å². The fourth-order valence-electron chi connectivity index (χ4n) is 2.52. The summed E-state index contributed by atoms with van der Waals surface area (Å²) in [6.07, 6.45) is 6.59. The van der Waals surface area contributed by atoms with Crippen LogP contribution in [0.25, 0.3) is 0 Å². The number of benzene rings is 1. The van der Waals surface area contributed by atoms with Crippen LogP contribution < -0.4 is 10.1 Å². The van der Waals surface area contributed by atoms with Gasteiger partial charge >= 0.3 is 0 Å². The van der Waals surface area contributed by atoms with Crippen molar-refractivity contribution in [2.24, 2.45) is 0 Å². The van der Waals surface area contributed by atoms with E-state index in [9.17, 15) is 0 Å². The van der Waals surface area contributed by atoms with Gasteiger partial charge < -0.3 is 14.8 Å². The van der Waals surface area contributed by atoms with Crippen molar-refractivity contribution in [1.29, 1.82) is 0 Å². The first-order valence-corrected chi connectivity index (χ1v) is 7.32. The lowest BCUT2D eigenvalue weighted by molar-refractivity contribution is 0.118. The first-order valence-electron chi connectivity index (χ1n) is 7.32. The predicted molar refractivity (Wildman–Crippen MR) is 77.5 cm³/mol. The molecule has 0 heterocycles. The first-order chi connectivity index (χ1) is 9.38. The maximum atomic E-state index is 5.68. The molecule has 106 valence electrons. The van der Waals surface area contributed by atoms with Crippen LogP contribution in [0.5, 0.6) is 5.75 Å². The molecule has 0 saturated heterocycles. The number of methoxy groups -OCH3 is 1. The summed E-state index contributed by atoms with van der Waals surface area (Å²) in [5.74, 6) is 0.893. The van der Waals surface area contributed by atoms with Gasteiger partial charge in [-0.25, -0.2) is 0 Å². The lowest BCUT2D eigenvalue weighted by Gasteiger charge is -2.11. The van der Waals surface area contributed by atoms with E-state index in [1.165, 1.54) is 31.2 Å². The van der Waals surface area contributed by atoms with Crippen molar-refractivity contribution in [2.75, 3.05) is 20.3 Å². The molecule has 3 heteroatoms. The average Bonchev–Trinajstić information content (AvgIpc) is 2.96. The highest BCUT2D eigenvalue weighted by molar-refractivity contribution is 5.26. The molecule has 1 aliphatic rings. The Balaban J connectivity index is 1.51. The maximum absolute atomic E-state index is 5.68. The van der Waals surface area contributed by atoms with E-state index in [1.807, 2.05) is 12.1 Å². The molecule has 0 radical (unpaired) electrons. The summed E-state index contributed by atoms with van der Waals surface area (Å²) >= 11 is 0. The van der Waals surface area contributed by atoms with Gasteiger partial charge in [0.05, 0.1) is 13.7 Å².